The minimum absolute atomic E-state index is 0.430. The van der Waals surface area contributed by atoms with Gasteiger partial charge in [0.2, 0.25) is 0 Å². The molecular formula is C17H24N2. The first-order valence-corrected chi connectivity index (χ1v) is 7.00. The van der Waals surface area contributed by atoms with Crippen LogP contribution in [-0.2, 0) is 6.54 Å². The molecule has 2 nitrogen and oxygen atoms in total. The molecule has 0 heterocycles. The first-order valence-electron chi connectivity index (χ1n) is 7.00. The Morgan fingerprint density at radius 2 is 1.74 bits per heavy atom. The van der Waals surface area contributed by atoms with Gasteiger partial charge in [0.1, 0.15) is 0 Å². The smallest absolute Gasteiger partial charge is 0.0241 e. The van der Waals surface area contributed by atoms with E-state index in [-0.39, 0.29) is 0 Å². The van der Waals surface area contributed by atoms with Gasteiger partial charge >= 0.3 is 0 Å². The Kier molecular flexibility index (Phi) is 4.56. The Labute approximate surface area is 116 Å². The van der Waals surface area contributed by atoms with E-state index >= 15 is 0 Å². The molecule has 0 aliphatic heterocycles. The van der Waals surface area contributed by atoms with E-state index in [0.29, 0.717) is 18.5 Å². The van der Waals surface area contributed by atoms with E-state index in [0.717, 1.165) is 6.54 Å². The quantitative estimate of drug-likeness (QED) is 0.889. The van der Waals surface area contributed by atoms with Gasteiger partial charge < -0.3 is 5.73 Å². The van der Waals surface area contributed by atoms with Crippen molar-refractivity contribution in [2.75, 3.05) is 13.6 Å². The van der Waals surface area contributed by atoms with Gasteiger partial charge in [0, 0.05) is 19.1 Å². The third-order valence-electron chi connectivity index (χ3n) is 3.88. The monoisotopic (exact) mass is 256 g/mol. The molecule has 0 radical (unpaired) electrons. The van der Waals surface area contributed by atoms with Gasteiger partial charge in [0.25, 0.3) is 0 Å². The number of likely N-dealkylation sites (N-methyl/N-ethyl adjacent to an activating group) is 1. The van der Waals surface area contributed by atoms with Crippen molar-refractivity contribution in [2.24, 2.45) is 11.7 Å². The van der Waals surface area contributed by atoms with Gasteiger partial charge in [-0.3, -0.25) is 4.90 Å². The zero-order chi connectivity index (χ0) is 13.8. The van der Waals surface area contributed by atoms with Crippen LogP contribution in [0, 0.1) is 5.92 Å². The summed E-state index contributed by atoms with van der Waals surface area (Å²) < 4.78 is 0. The highest BCUT2D eigenvalue weighted by Crippen LogP contribution is 2.21. The molecule has 1 unspecified atom stereocenters. The number of fused-ring (bicyclic) bond motifs is 1. The lowest BCUT2D eigenvalue weighted by Crippen LogP contribution is -2.41. The van der Waals surface area contributed by atoms with Crippen LogP contribution < -0.4 is 5.73 Å². The molecule has 0 amide bonds. The summed E-state index contributed by atoms with van der Waals surface area (Å²) in [4.78, 5) is 2.37. The van der Waals surface area contributed by atoms with Crippen LogP contribution in [-0.4, -0.2) is 24.5 Å². The fourth-order valence-corrected chi connectivity index (χ4v) is 2.78. The molecule has 2 aromatic rings. The Bertz CT molecular complexity index is 528. The average Bonchev–Trinajstić information content (AvgIpc) is 2.39. The van der Waals surface area contributed by atoms with E-state index in [1.54, 1.807) is 0 Å². The van der Waals surface area contributed by atoms with Crippen molar-refractivity contribution in [3.63, 3.8) is 0 Å². The summed E-state index contributed by atoms with van der Waals surface area (Å²) in [6.45, 7) is 6.12. The third kappa shape index (κ3) is 3.14. The number of hydrogen-bond acceptors (Lipinski definition) is 2. The summed E-state index contributed by atoms with van der Waals surface area (Å²) in [5.74, 6) is 0.574. The molecule has 2 rings (SSSR count). The summed E-state index contributed by atoms with van der Waals surface area (Å²) in [6, 6.07) is 15.5. The average molecular weight is 256 g/mol. The summed E-state index contributed by atoms with van der Waals surface area (Å²) >= 11 is 0. The van der Waals surface area contributed by atoms with Crippen LogP contribution in [0.4, 0.5) is 0 Å². The predicted molar refractivity (Wildman–Crippen MR) is 83.1 cm³/mol. The number of rotatable bonds is 5. The fourth-order valence-electron chi connectivity index (χ4n) is 2.78. The molecule has 2 heteroatoms. The van der Waals surface area contributed by atoms with E-state index in [1.807, 2.05) is 0 Å². The Hall–Kier alpha value is -1.38. The maximum atomic E-state index is 5.90. The maximum absolute atomic E-state index is 5.90. The zero-order valence-corrected chi connectivity index (χ0v) is 12.1. The van der Waals surface area contributed by atoms with Crippen molar-refractivity contribution < 1.29 is 0 Å². The summed E-state index contributed by atoms with van der Waals surface area (Å²) in [7, 11) is 2.17. The van der Waals surface area contributed by atoms with Gasteiger partial charge in [-0.15, -0.1) is 0 Å². The predicted octanol–water partition coefficient (Wildman–Crippen LogP) is 3.25. The third-order valence-corrected chi connectivity index (χ3v) is 3.88. The van der Waals surface area contributed by atoms with E-state index in [4.69, 9.17) is 5.73 Å². The van der Waals surface area contributed by atoms with Crippen molar-refractivity contribution in [3.05, 3.63) is 48.0 Å². The Balaban J connectivity index is 2.26. The molecule has 0 aliphatic carbocycles. The highest BCUT2D eigenvalue weighted by Gasteiger charge is 2.17. The van der Waals surface area contributed by atoms with E-state index in [9.17, 15) is 0 Å². The molecule has 0 fully saturated rings. The van der Waals surface area contributed by atoms with Crippen LogP contribution in [0.2, 0.25) is 0 Å². The zero-order valence-electron chi connectivity index (χ0n) is 12.1. The standard InChI is InChI=1S/C17H24N2/c1-13(2)17(11-18)19(3)12-15-9-6-8-14-7-4-5-10-16(14)15/h4-10,13,17H,11-12,18H2,1-3H3. The van der Waals surface area contributed by atoms with E-state index in [2.05, 4.69) is 68.3 Å². The van der Waals surface area contributed by atoms with Gasteiger partial charge in [-0.1, -0.05) is 56.3 Å². The number of nitrogens with two attached hydrogens (primary N) is 1. The molecule has 2 N–H and O–H groups in total. The lowest BCUT2D eigenvalue weighted by Gasteiger charge is -2.30. The van der Waals surface area contributed by atoms with Crippen LogP contribution in [0.3, 0.4) is 0 Å². The van der Waals surface area contributed by atoms with Gasteiger partial charge in [-0.2, -0.15) is 0 Å². The molecule has 102 valence electrons. The molecule has 0 spiro atoms. The molecule has 0 saturated carbocycles. The molecule has 0 aliphatic rings. The minimum Gasteiger partial charge on any atom is -0.329 e. The Morgan fingerprint density at radius 1 is 1.05 bits per heavy atom. The lowest BCUT2D eigenvalue weighted by atomic mass is 10.0. The van der Waals surface area contributed by atoms with E-state index in [1.165, 1.54) is 16.3 Å². The molecular weight excluding hydrogens is 232 g/mol. The molecule has 19 heavy (non-hydrogen) atoms. The second kappa shape index (κ2) is 6.18. The van der Waals surface area contributed by atoms with Crippen molar-refractivity contribution in [3.8, 4) is 0 Å². The second-order valence-electron chi connectivity index (χ2n) is 5.60. The molecule has 0 aromatic heterocycles. The maximum Gasteiger partial charge on any atom is 0.0241 e. The summed E-state index contributed by atoms with van der Waals surface area (Å²) in [6.07, 6.45) is 0. The van der Waals surface area contributed by atoms with Crippen molar-refractivity contribution >= 4 is 10.8 Å². The van der Waals surface area contributed by atoms with Crippen molar-refractivity contribution in [1.82, 2.24) is 4.90 Å². The molecule has 0 bridgehead atoms. The summed E-state index contributed by atoms with van der Waals surface area (Å²) in [5.41, 5.74) is 7.27. The Morgan fingerprint density at radius 3 is 2.42 bits per heavy atom. The lowest BCUT2D eigenvalue weighted by molar-refractivity contribution is 0.190. The fraction of sp³-hybridized carbons (Fsp3) is 0.412. The number of nitrogens with zero attached hydrogens (tertiary/aromatic N) is 1. The first kappa shape index (κ1) is 14.0. The van der Waals surface area contributed by atoms with Crippen LogP contribution in [0.25, 0.3) is 10.8 Å². The van der Waals surface area contributed by atoms with Gasteiger partial charge in [0.05, 0.1) is 0 Å². The van der Waals surface area contributed by atoms with Crippen molar-refractivity contribution in [2.45, 2.75) is 26.4 Å². The van der Waals surface area contributed by atoms with Gasteiger partial charge in [0.15, 0.2) is 0 Å². The largest absolute Gasteiger partial charge is 0.329 e. The van der Waals surface area contributed by atoms with Gasteiger partial charge in [-0.25, -0.2) is 0 Å². The van der Waals surface area contributed by atoms with Crippen LogP contribution in [0.5, 0.6) is 0 Å². The van der Waals surface area contributed by atoms with Crippen LogP contribution >= 0.6 is 0 Å². The highest BCUT2D eigenvalue weighted by molar-refractivity contribution is 5.85. The first-order chi connectivity index (χ1) is 9.13. The van der Waals surface area contributed by atoms with Crippen LogP contribution in [0.15, 0.2) is 42.5 Å². The topological polar surface area (TPSA) is 29.3 Å². The molecule has 2 aromatic carbocycles. The number of hydrogen-bond donors (Lipinski definition) is 1. The highest BCUT2D eigenvalue weighted by atomic mass is 15.1. The normalized spacial score (nSPS) is 13.4. The minimum atomic E-state index is 0.430. The molecule has 0 saturated heterocycles. The molecule has 1 atom stereocenters. The number of benzene rings is 2. The van der Waals surface area contributed by atoms with Crippen LogP contribution in [0.1, 0.15) is 19.4 Å². The second-order valence-corrected chi connectivity index (χ2v) is 5.60. The summed E-state index contributed by atoms with van der Waals surface area (Å²) in [5, 5.41) is 2.65. The SMILES string of the molecule is CC(C)C(CN)N(C)Cc1cccc2ccccc12. The van der Waals surface area contributed by atoms with Crippen molar-refractivity contribution in [1.29, 1.82) is 0 Å². The van der Waals surface area contributed by atoms with Gasteiger partial charge in [-0.05, 0) is 29.3 Å². The van der Waals surface area contributed by atoms with E-state index < -0.39 is 0 Å².